The van der Waals surface area contributed by atoms with E-state index in [1.807, 2.05) is 0 Å². The van der Waals surface area contributed by atoms with Gasteiger partial charge >= 0.3 is 12.0 Å². The van der Waals surface area contributed by atoms with Crippen molar-refractivity contribution in [3.63, 3.8) is 0 Å². The van der Waals surface area contributed by atoms with Gasteiger partial charge in [0, 0.05) is 18.2 Å². The van der Waals surface area contributed by atoms with Crippen LogP contribution in [0.15, 0.2) is 24.3 Å². The molecule has 0 bridgehead atoms. The number of urea groups is 1. The lowest BCUT2D eigenvalue weighted by Crippen LogP contribution is -2.44. The Labute approximate surface area is 146 Å². The van der Waals surface area contributed by atoms with Gasteiger partial charge in [-0.2, -0.15) is 0 Å². The van der Waals surface area contributed by atoms with E-state index in [0.717, 1.165) is 6.08 Å². The van der Waals surface area contributed by atoms with E-state index in [4.69, 9.17) is 14.2 Å². The average molecular weight is 350 g/mol. The Morgan fingerprint density at radius 3 is 2.52 bits per heavy atom. The number of amides is 3. The van der Waals surface area contributed by atoms with Crippen LogP contribution in [0.5, 0.6) is 11.5 Å². The summed E-state index contributed by atoms with van der Waals surface area (Å²) in [5.74, 6) is -0.300. The number of ether oxygens (including phenoxy) is 3. The average Bonchev–Trinajstić information content (AvgIpc) is 2.59. The van der Waals surface area contributed by atoms with Crippen molar-refractivity contribution in [2.24, 2.45) is 0 Å². The molecular formula is C17H22N2O6. The number of carbonyl (C=O) groups excluding carboxylic acids is 3. The highest BCUT2D eigenvalue weighted by Gasteiger charge is 2.18. The molecule has 1 aromatic carbocycles. The number of esters is 1. The van der Waals surface area contributed by atoms with Gasteiger partial charge in [-0.25, -0.2) is 9.59 Å². The Bertz CT molecular complexity index is 657. The minimum atomic E-state index is -1.12. The van der Waals surface area contributed by atoms with E-state index in [2.05, 4.69) is 10.6 Å². The fraction of sp³-hybridized carbons (Fsp3) is 0.353. The molecule has 136 valence electrons. The summed E-state index contributed by atoms with van der Waals surface area (Å²) >= 11 is 0. The van der Waals surface area contributed by atoms with Crippen LogP contribution in [0.3, 0.4) is 0 Å². The number of rotatable bonds is 7. The number of hydrogen-bond donors (Lipinski definition) is 2. The van der Waals surface area contributed by atoms with Gasteiger partial charge < -0.3 is 19.5 Å². The number of hydrogen-bond acceptors (Lipinski definition) is 6. The molecule has 0 saturated heterocycles. The van der Waals surface area contributed by atoms with Crippen molar-refractivity contribution in [1.82, 2.24) is 10.6 Å². The normalized spacial score (nSPS) is 11.5. The monoisotopic (exact) mass is 350 g/mol. The zero-order valence-corrected chi connectivity index (χ0v) is 14.6. The fourth-order valence-electron chi connectivity index (χ4n) is 1.81. The fourth-order valence-corrected chi connectivity index (χ4v) is 1.81. The van der Waals surface area contributed by atoms with Crippen LogP contribution in [0, 0.1) is 0 Å². The molecule has 0 aromatic heterocycles. The highest BCUT2D eigenvalue weighted by molar-refractivity contribution is 5.98. The first-order chi connectivity index (χ1) is 11.9. The van der Waals surface area contributed by atoms with Gasteiger partial charge in [0.1, 0.15) is 11.5 Å². The summed E-state index contributed by atoms with van der Waals surface area (Å²) in [6.07, 6.45) is 1.53. The van der Waals surface area contributed by atoms with Crippen LogP contribution in [-0.2, 0) is 14.3 Å². The molecule has 0 aliphatic rings. The second-order valence-electron chi connectivity index (χ2n) is 4.87. The topological polar surface area (TPSA) is 103 Å². The summed E-state index contributed by atoms with van der Waals surface area (Å²) < 4.78 is 15.3. The third kappa shape index (κ3) is 6.54. The molecule has 3 amide bonds. The first kappa shape index (κ1) is 20.0. The molecule has 0 fully saturated rings. The highest BCUT2D eigenvalue weighted by Crippen LogP contribution is 2.25. The molecule has 0 unspecified atom stereocenters. The van der Waals surface area contributed by atoms with Gasteiger partial charge in [-0.05, 0) is 38.1 Å². The maximum atomic E-state index is 11.8. The van der Waals surface area contributed by atoms with E-state index in [0.29, 0.717) is 23.6 Å². The maximum absolute atomic E-state index is 11.8. The van der Waals surface area contributed by atoms with Crippen LogP contribution < -0.4 is 20.1 Å². The largest absolute Gasteiger partial charge is 0.497 e. The quantitative estimate of drug-likeness (QED) is 0.570. The molecule has 0 heterocycles. The van der Waals surface area contributed by atoms with Crippen LogP contribution in [0.2, 0.25) is 0 Å². The van der Waals surface area contributed by atoms with Gasteiger partial charge in [0.2, 0.25) is 0 Å². The minimum Gasteiger partial charge on any atom is -0.497 e. The summed E-state index contributed by atoms with van der Waals surface area (Å²) in [5.41, 5.74) is 0.609. The number of methoxy groups -OCH3 is 2. The molecule has 0 aliphatic heterocycles. The third-order valence-corrected chi connectivity index (χ3v) is 3.07. The van der Waals surface area contributed by atoms with Crippen LogP contribution in [-0.4, -0.2) is 44.8 Å². The Balaban J connectivity index is 2.68. The second-order valence-corrected chi connectivity index (χ2v) is 4.87. The van der Waals surface area contributed by atoms with Crippen molar-refractivity contribution < 1.29 is 28.6 Å². The van der Waals surface area contributed by atoms with Crippen molar-refractivity contribution in [3.8, 4) is 11.5 Å². The van der Waals surface area contributed by atoms with E-state index < -0.39 is 24.0 Å². The maximum Gasteiger partial charge on any atom is 0.331 e. The van der Waals surface area contributed by atoms with Crippen LogP contribution in [0.4, 0.5) is 4.79 Å². The molecule has 1 atom stereocenters. The highest BCUT2D eigenvalue weighted by atomic mass is 16.5. The first-order valence-electron chi connectivity index (χ1n) is 7.60. The van der Waals surface area contributed by atoms with E-state index in [1.165, 1.54) is 27.2 Å². The van der Waals surface area contributed by atoms with Gasteiger partial charge in [-0.1, -0.05) is 0 Å². The van der Waals surface area contributed by atoms with Crippen LogP contribution >= 0.6 is 0 Å². The van der Waals surface area contributed by atoms with Crippen LogP contribution in [0.1, 0.15) is 19.4 Å². The van der Waals surface area contributed by atoms with E-state index in [1.54, 1.807) is 25.1 Å². The van der Waals surface area contributed by atoms with E-state index in [-0.39, 0.29) is 0 Å². The smallest absolute Gasteiger partial charge is 0.331 e. The SMILES string of the molecule is CCNC(=O)NC(=O)[C@@H](C)OC(=O)/C=C/c1cc(OC)ccc1OC. The lowest BCUT2D eigenvalue weighted by molar-refractivity contribution is -0.149. The van der Waals surface area contributed by atoms with Crippen molar-refractivity contribution in [1.29, 1.82) is 0 Å². The molecule has 8 nitrogen and oxygen atoms in total. The molecule has 8 heteroatoms. The summed E-state index contributed by atoms with van der Waals surface area (Å²) in [6.45, 7) is 3.45. The Morgan fingerprint density at radius 1 is 1.20 bits per heavy atom. The Hall–Kier alpha value is -3.03. The van der Waals surface area contributed by atoms with E-state index in [9.17, 15) is 14.4 Å². The first-order valence-corrected chi connectivity index (χ1v) is 7.60. The molecule has 1 rings (SSSR count). The van der Waals surface area contributed by atoms with E-state index >= 15 is 0 Å². The van der Waals surface area contributed by atoms with Crippen molar-refractivity contribution in [2.45, 2.75) is 20.0 Å². The predicted molar refractivity (Wildman–Crippen MR) is 91.3 cm³/mol. The number of carbonyl (C=O) groups is 3. The van der Waals surface area contributed by atoms with Crippen LogP contribution in [0.25, 0.3) is 6.08 Å². The van der Waals surface area contributed by atoms with Crippen molar-refractivity contribution in [2.75, 3.05) is 20.8 Å². The third-order valence-electron chi connectivity index (χ3n) is 3.07. The molecule has 2 N–H and O–H groups in total. The lowest BCUT2D eigenvalue weighted by atomic mass is 10.1. The standard InChI is InChI=1S/C17H22N2O6/c1-5-18-17(22)19-16(21)11(2)25-15(20)9-6-12-10-13(23-3)7-8-14(12)24-4/h6-11H,5H2,1-4H3,(H2,18,19,21,22)/b9-6+/t11-/m1/s1. The Kier molecular flexibility index (Phi) is 7.98. The summed E-state index contributed by atoms with van der Waals surface area (Å²) in [5, 5.41) is 4.47. The lowest BCUT2D eigenvalue weighted by Gasteiger charge is -2.12. The molecule has 0 radical (unpaired) electrons. The molecule has 0 spiro atoms. The minimum absolute atomic E-state index is 0.373. The van der Waals surface area contributed by atoms with Gasteiger partial charge in [0.25, 0.3) is 5.91 Å². The molecule has 0 aliphatic carbocycles. The number of imide groups is 1. The van der Waals surface area contributed by atoms with Gasteiger partial charge in [-0.3, -0.25) is 10.1 Å². The van der Waals surface area contributed by atoms with Gasteiger partial charge in [-0.15, -0.1) is 0 Å². The van der Waals surface area contributed by atoms with Gasteiger partial charge in [0.15, 0.2) is 6.10 Å². The molecule has 1 aromatic rings. The number of nitrogens with one attached hydrogen (secondary N) is 2. The van der Waals surface area contributed by atoms with Gasteiger partial charge in [0.05, 0.1) is 14.2 Å². The Morgan fingerprint density at radius 2 is 1.92 bits per heavy atom. The predicted octanol–water partition coefficient (Wildman–Crippen LogP) is 1.49. The summed E-state index contributed by atoms with van der Waals surface area (Å²) in [7, 11) is 3.03. The zero-order chi connectivity index (χ0) is 18.8. The second kappa shape index (κ2) is 9.96. The molecular weight excluding hydrogens is 328 g/mol. The van der Waals surface area contributed by atoms with Crippen molar-refractivity contribution >= 4 is 24.0 Å². The molecule has 0 saturated carbocycles. The molecule has 25 heavy (non-hydrogen) atoms. The summed E-state index contributed by atoms with van der Waals surface area (Å²) in [4.78, 5) is 34.8. The number of benzene rings is 1. The van der Waals surface area contributed by atoms with Crippen molar-refractivity contribution in [3.05, 3.63) is 29.8 Å². The summed E-state index contributed by atoms with van der Waals surface area (Å²) in [6, 6.07) is 4.47. The zero-order valence-electron chi connectivity index (χ0n) is 14.6.